The van der Waals surface area contributed by atoms with E-state index in [4.69, 9.17) is 5.11 Å². The SMILES string of the molecule is CCCCC/C=C\C/C=C\C/C=C\Cc1ccccc1CCCC(=O)NCCO. The molecule has 0 fully saturated rings. The summed E-state index contributed by atoms with van der Waals surface area (Å²) in [4.78, 5) is 11.6. The van der Waals surface area contributed by atoms with Crippen molar-refractivity contribution in [2.24, 2.45) is 0 Å². The molecule has 0 unspecified atom stereocenters. The lowest BCUT2D eigenvalue weighted by molar-refractivity contribution is -0.121. The molecule has 0 heterocycles. The number of amides is 1. The number of aliphatic hydroxyl groups is 1. The topological polar surface area (TPSA) is 49.3 Å². The molecule has 1 amide bonds. The van der Waals surface area contributed by atoms with E-state index in [1.54, 1.807) is 0 Å². The Morgan fingerprint density at radius 1 is 0.931 bits per heavy atom. The fraction of sp³-hybridized carbons (Fsp3) is 0.500. The summed E-state index contributed by atoms with van der Waals surface area (Å²) in [6.45, 7) is 2.57. The molecule has 0 atom stereocenters. The Morgan fingerprint density at radius 2 is 1.62 bits per heavy atom. The molecule has 0 aliphatic carbocycles. The smallest absolute Gasteiger partial charge is 0.220 e. The van der Waals surface area contributed by atoms with E-state index < -0.39 is 0 Å². The lowest BCUT2D eigenvalue weighted by Gasteiger charge is -2.08. The first-order valence-electron chi connectivity index (χ1n) is 11.2. The van der Waals surface area contributed by atoms with Crippen LogP contribution in [0, 0.1) is 0 Å². The summed E-state index contributed by atoms with van der Waals surface area (Å²) in [5, 5.41) is 11.4. The minimum atomic E-state index is -0.00809. The predicted octanol–water partition coefficient (Wildman–Crippen LogP) is 5.69. The van der Waals surface area contributed by atoms with Crippen LogP contribution in [0.1, 0.15) is 69.4 Å². The van der Waals surface area contributed by atoms with Gasteiger partial charge < -0.3 is 10.4 Å². The standard InChI is InChI=1S/C26H39NO2/c1-2-3-4-5-6-7-8-9-10-11-12-13-17-24-18-14-15-19-25(24)20-16-21-26(29)27-22-23-28/h6-7,9-10,12-15,18-19,28H,2-5,8,11,16-17,20-23H2,1H3,(H,27,29)/b7-6-,10-9-,13-12-. The quantitative estimate of drug-likeness (QED) is 0.278. The summed E-state index contributed by atoms with van der Waals surface area (Å²) in [5.74, 6) is 0.0130. The van der Waals surface area contributed by atoms with Gasteiger partial charge in [0.1, 0.15) is 0 Å². The molecular weight excluding hydrogens is 358 g/mol. The molecule has 1 rings (SSSR count). The number of unbranched alkanes of at least 4 members (excludes halogenated alkanes) is 3. The molecule has 0 saturated carbocycles. The molecule has 0 spiro atoms. The van der Waals surface area contributed by atoms with E-state index in [0.717, 1.165) is 32.1 Å². The molecule has 0 aliphatic rings. The summed E-state index contributed by atoms with van der Waals surface area (Å²) in [7, 11) is 0. The van der Waals surface area contributed by atoms with E-state index >= 15 is 0 Å². The van der Waals surface area contributed by atoms with Crippen molar-refractivity contribution in [3.05, 3.63) is 71.8 Å². The largest absolute Gasteiger partial charge is 0.395 e. The number of allylic oxidation sites excluding steroid dienone is 6. The zero-order chi connectivity index (χ0) is 21.0. The molecular formula is C26H39NO2. The molecule has 1 aromatic rings. The van der Waals surface area contributed by atoms with Gasteiger partial charge in [-0.3, -0.25) is 4.79 Å². The summed E-state index contributed by atoms with van der Waals surface area (Å²) < 4.78 is 0. The number of rotatable bonds is 16. The van der Waals surface area contributed by atoms with Crippen LogP contribution in [-0.2, 0) is 17.6 Å². The number of aryl methyl sites for hydroxylation is 1. The molecule has 0 aliphatic heterocycles. The zero-order valence-corrected chi connectivity index (χ0v) is 18.1. The van der Waals surface area contributed by atoms with E-state index in [1.165, 1.54) is 36.8 Å². The fourth-order valence-electron chi connectivity index (χ4n) is 3.11. The molecule has 0 bridgehead atoms. The first kappa shape index (κ1) is 24.9. The van der Waals surface area contributed by atoms with Crippen LogP contribution in [-0.4, -0.2) is 24.2 Å². The Bertz CT molecular complexity index is 631. The third-order valence-electron chi connectivity index (χ3n) is 4.76. The van der Waals surface area contributed by atoms with Gasteiger partial charge in [0.2, 0.25) is 5.91 Å². The highest BCUT2D eigenvalue weighted by atomic mass is 16.3. The van der Waals surface area contributed by atoms with Crippen molar-refractivity contribution in [3.8, 4) is 0 Å². The first-order valence-corrected chi connectivity index (χ1v) is 11.2. The number of carbonyl (C=O) groups is 1. The normalized spacial score (nSPS) is 11.8. The number of aliphatic hydroxyl groups excluding tert-OH is 1. The second-order valence-corrected chi connectivity index (χ2v) is 7.28. The third kappa shape index (κ3) is 13.6. The Morgan fingerprint density at radius 3 is 2.34 bits per heavy atom. The van der Waals surface area contributed by atoms with Gasteiger partial charge in [-0.2, -0.15) is 0 Å². The second-order valence-electron chi connectivity index (χ2n) is 7.28. The maximum absolute atomic E-state index is 11.6. The molecule has 0 saturated heterocycles. The van der Waals surface area contributed by atoms with Gasteiger partial charge >= 0.3 is 0 Å². The average Bonchev–Trinajstić information content (AvgIpc) is 2.74. The lowest BCUT2D eigenvalue weighted by Crippen LogP contribution is -2.26. The molecule has 3 nitrogen and oxygen atoms in total. The monoisotopic (exact) mass is 397 g/mol. The van der Waals surface area contributed by atoms with Crippen molar-refractivity contribution >= 4 is 5.91 Å². The molecule has 1 aromatic carbocycles. The van der Waals surface area contributed by atoms with Gasteiger partial charge in [-0.25, -0.2) is 0 Å². The van der Waals surface area contributed by atoms with E-state index in [1.807, 2.05) is 0 Å². The molecule has 3 heteroatoms. The van der Waals surface area contributed by atoms with Crippen LogP contribution in [0.5, 0.6) is 0 Å². The van der Waals surface area contributed by atoms with Crippen LogP contribution >= 0.6 is 0 Å². The van der Waals surface area contributed by atoms with Gasteiger partial charge in [0, 0.05) is 13.0 Å². The van der Waals surface area contributed by atoms with Gasteiger partial charge in [0.05, 0.1) is 6.61 Å². The van der Waals surface area contributed by atoms with Crippen molar-refractivity contribution in [2.45, 2.75) is 71.1 Å². The molecule has 160 valence electrons. The highest BCUT2D eigenvalue weighted by molar-refractivity contribution is 5.75. The summed E-state index contributed by atoms with van der Waals surface area (Å²) >= 11 is 0. The summed E-state index contributed by atoms with van der Waals surface area (Å²) in [6, 6.07) is 8.46. The van der Waals surface area contributed by atoms with E-state index in [0.29, 0.717) is 13.0 Å². The number of nitrogens with one attached hydrogen (secondary N) is 1. The van der Waals surface area contributed by atoms with Crippen molar-refractivity contribution < 1.29 is 9.90 Å². The van der Waals surface area contributed by atoms with Gasteiger partial charge in [0.25, 0.3) is 0 Å². The van der Waals surface area contributed by atoms with Crippen molar-refractivity contribution in [3.63, 3.8) is 0 Å². The Hall–Kier alpha value is -2.13. The van der Waals surface area contributed by atoms with Crippen LogP contribution in [0.3, 0.4) is 0 Å². The van der Waals surface area contributed by atoms with Crippen LogP contribution in [0.2, 0.25) is 0 Å². The van der Waals surface area contributed by atoms with Gasteiger partial charge in [-0.1, -0.05) is 80.5 Å². The number of hydrogen-bond acceptors (Lipinski definition) is 2. The number of hydrogen-bond donors (Lipinski definition) is 2. The van der Waals surface area contributed by atoms with Crippen molar-refractivity contribution in [1.82, 2.24) is 5.32 Å². The van der Waals surface area contributed by atoms with Crippen LogP contribution in [0.4, 0.5) is 0 Å². The van der Waals surface area contributed by atoms with Crippen LogP contribution in [0.25, 0.3) is 0 Å². The van der Waals surface area contributed by atoms with Crippen LogP contribution in [0.15, 0.2) is 60.7 Å². The molecule has 2 N–H and O–H groups in total. The van der Waals surface area contributed by atoms with Gasteiger partial charge in [0.15, 0.2) is 0 Å². The summed E-state index contributed by atoms with van der Waals surface area (Å²) in [6.07, 6.45) is 23.7. The van der Waals surface area contributed by atoms with Crippen LogP contribution < -0.4 is 5.32 Å². The van der Waals surface area contributed by atoms with E-state index in [9.17, 15) is 4.79 Å². The average molecular weight is 398 g/mol. The third-order valence-corrected chi connectivity index (χ3v) is 4.76. The summed E-state index contributed by atoms with van der Waals surface area (Å²) in [5.41, 5.74) is 2.65. The van der Waals surface area contributed by atoms with Gasteiger partial charge in [-0.15, -0.1) is 0 Å². The van der Waals surface area contributed by atoms with Gasteiger partial charge in [-0.05, 0) is 56.1 Å². The lowest BCUT2D eigenvalue weighted by atomic mass is 9.99. The maximum Gasteiger partial charge on any atom is 0.220 e. The minimum absolute atomic E-state index is 0.00809. The Balaban J connectivity index is 2.26. The molecule has 0 aromatic heterocycles. The highest BCUT2D eigenvalue weighted by Crippen LogP contribution is 2.13. The molecule has 29 heavy (non-hydrogen) atoms. The number of benzene rings is 1. The fourth-order valence-corrected chi connectivity index (χ4v) is 3.11. The van der Waals surface area contributed by atoms with Crippen molar-refractivity contribution in [2.75, 3.05) is 13.2 Å². The van der Waals surface area contributed by atoms with E-state index in [2.05, 4.69) is 73.0 Å². The zero-order valence-electron chi connectivity index (χ0n) is 18.1. The highest BCUT2D eigenvalue weighted by Gasteiger charge is 2.03. The second kappa shape index (κ2) is 17.9. The Labute approximate surface area is 177 Å². The van der Waals surface area contributed by atoms with E-state index in [-0.39, 0.29) is 12.5 Å². The minimum Gasteiger partial charge on any atom is -0.395 e. The van der Waals surface area contributed by atoms with Crippen molar-refractivity contribution in [1.29, 1.82) is 0 Å². The Kier molecular flexibility index (Phi) is 15.4. The number of carbonyl (C=O) groups excluding carboxylic acids is 1. The molecule has 0 radical (unpaired) electrons. The predicted molar refractivity (Wildman–Crippen MR) is 124 cm³/mol. The maximum atomic E-state index is 11.6. The first-order chi connectivity index (χ1) is 14.3.